The van der Waals surface area contributed by atoms with Crippen LogP contribution in [0.1, 0.15) is 96.8 Å². The number of piperidine rings is 1. The Kier molecular flexibility index (Phi) is 6.55. The standard InChI is InChI=1S/C33H33FN8O4/c1-16(2)42-30-23(13-37-42)25(34)14-36-29(30)24-15-40(39-28(24)18-3-4-18)20-9-17(10-20)12-35-19-5-6-21-22(11-19)33(46)41(32(21)45)26-7-8-27(43)38-31(26)44/h5-6,11,13-18,20,26,35H,3-4,7-10,12H2,1-2H3,(H,38,43,44). The third kappa shape index (κ3) is 4.59. The zero-order chi connectivity index (χ0) is 31.9. The fourth-order valence-electron chi connectivity index (χ4n) is 6.97. The molecule has 12 nitrogen and oxygen atoms in total. The van der Waals surface area contributed by atoms with E-state index in [0.717, 1.165) is 47.5 Å². The minimum Gasteiger partial charge on any atom is -0.385 e. The van der Waals surface area contributed by atoms with Crippen molar-refractivity contribution in [2.24, 2.45) is 5.92 Å². The molecule has 0 radical (unpaired) electrons. The molecule has 1 unspecified atom stereocenters. The van der Waals surface area contributed by atoms with Crippen molar-refractivity contribution in [2.45, 2.75) is 76.4 Å². The summed E-state index contributed by atoms with van der Waals surface area (Å²) >= 11 is 0. The lowest BCUT2D eigenvalue weighted by Gasteiger charge is -2.35. The molecule has 1 aromatic carbocycles. The largest absolute Gasteiger partial charge is 0.385 e. The predicted molar refractivity (Wildman–Crippen MR) is 164 cm³/mol. The van der Waals surface area contributed by atoms with Crippen LogP contribution in [0.2, 0.25) is 0 Å². The number of rotatable bonds is 8. The lowest BCUT2D eigenvalue weighted by molar-refractivity contribution is -0.136. The normalized spacial score (nSPS) is 22.9. The molecule has 4 aliphatic rings. The van der Waals surface area contributed by atoms with Gasteiger partial charge in [-0.3, -0.25) is 43.7 Å². The number of hydrogen-bond donors (Lipinski definition) is 2. The molecule has 4 amide bonds. The Morgan fingerprint density at radius 1 is 1.02 bits per heavy atom. The maximum absolute atomic E-state index is 14.7. The molecule has 2 aliphatic heterocycles. The van der Waals surface area contributed by atoms with Gasteiger partial charge >= 0.3 is 0 Å². The summed E-state index contributed by atoms with van der Waals surface area (Å²) < 4.78 is 18.6. The van der Waals surface area contributed by atoms with Crippen LogP contribution in [0.5, 0.6) is 0 Å². The lowest BCUT2D eigenvalue weighted by atomic mass is 9.80. The van der Waals surface area contributed by atoms with Gasteiger partial charge in [0.05, 0.1) is 51.9 Å². The molecular weight excluding hydrogens is 591 g/mol. The van der Waals surface area contributed by atoms with Gasteiger partial charge in [0.2, 0.25) is 11.8 Å². The van der Waals surface area contributed by atoms with E-state index in [9.17, 15) is 23.6 Å². The predicted octanol–water partition coefficient (Wildman–Crippen LogP) is 4.36. The van der Waals surface area contributed by atoms with Crippen LogP contribution >= 0.6 is 0 Å². The summed E-state index contributed by atoms with van der Waals surface area (Å²) in [6.07, 6.45) is 9.11. The molecule has 2 N–H and O–H groups in total. The number of hydrogen-bond acceptors (Lipinski definition) is 8. The Bertz CT molecular complexity index is 1950. The van der Waals surface area contributed by atoms with E-state index < -0.39 is 29.7 Å². The van der Waals surface area contributed by atoms with E-state index in [-0.39, 0.29) is 41.9 Å². The number of aromatic nitrogens is 5. The monoisotopic (exact) mass is 624 g/mol. The highest BCUT2D eigenvalue weighted by Crippen LogP contribution is 2.46. The first-order valence-electron chi connectivity index (χ1n) is 15.9. The van der Waals surface area contributed by atoms with Gasteiger partial charge in [-0.2, -0.15) is 10.2 Å². The maximum atomic E-state index is 14.7. The highest BCUT2D eigenvalue weighted by molar-refractivity contribution is 6.23. The number of anilines is 1. The molecule has 236 valence electrons. The Hall–Kier alpha value is -4.94. The Balaban J connectivity index is 0.954. The van der Waals surface area contributed by atoms with Crippen LogP contribution in [-0.2, 0) is 9.59 Å². The number of imide groups is 2. The van der Waals surface area contributed by atoms with Gasteiger partial charge in [0.15, 0.2) is 5.82 Å². The van der Waals surface area contributed by atoms with Crippen molar-refractivity contribution < 1.29 is 23.6 Å². The maximum Gasteiger partial charge on any atom is 0.262 e. The van der Waals surface area contributed by atoms with Crippen molar-refractivity contribution >= 4 is 40.2 Å². The van der Waals surface area contributed by atoms with E-state index >= 15 is 0 Å². The molecule has 0 bridgehead atoms. The molecule has 4 aromatic rings. The van der Waals surface area contributed by atoms with Crippen molar-refractivity contribution in [1.82, 2.24) is 34.8 Å². The molecule has 1 atom stereocenters. The van der Waals surface area contributed by atoms with Crippen molar-refractivity contribution in [2.75, 3.05) is 11.9 Å². The summed E-state index contributed by atoms with van der Waals surface area (Å²) in [7, 11) is 0. The molecule has 2 aliphatic carbocycles. The van der Waals surface area contributed by atoms with Gasteiger partial charge in [-0.05, 0) is 70.1 Å². The first-order valence-corrected chi connectivity index (χ1v) is 15.9. The van der Waals surface area contributed by atoms with Crippen LogP contribution in [0.4, 0.5) is 10.1 Å². The zero-order valence-electron chi connectivity index (χ0n) is 25.5. The van der Waals surface area contributed by atoms with E-state index in [4.69, 9.17) is 5.10 Å². The average molecular weight is 625 g/mol. The summed E-state index contributed by atoms with van der Waals surface area (Å²) in [5.74, 6) is -1.69. The van der Waals surface area contributed by atoms with Crippen LogP contribution in [0.15, 0.2) is 36.8 Å². The number of nitrogens with zero attached hydrogens (tertiary/aromatic N) is 6. The minimum atomic E-state index is -0.987. The molecule has 3 fully saturated rings. The van der Waals surface area contributed by atoms with E-state index in [0.29, 0.717) is 35.0 Å². The van der Waals surface area contributed by atoms with Crippen LogP contribution in [0.25, 0.3) is 22.2 Å². The molecular formula is C33H33FN8O4. The summed E-state index contributed by atoms with van der Waals surface area (Å²) in [4.78, 5) is 55.6. The Morgan fingerprint density at radius 3 is 2.54 bits per heavy atom. The van der Waals surface area contributed by atoms with Gasteiger partial charge < -0.3 is 5.32 Å². The van der Waals surface area contributed by atoms with Gasteiger partial charge in [-0.25, -0.2) is 4.39 Å². The quantitative estimate of drug-likeness (QED) is 0.275. The number of benzene rings is 1. The van der Waals surface area contributed by atoms with Crippen LogP contribution < -0.4 is 10.6 Å². The number of halogens is 1. The van der Waals surface area contributed by atoms with E-state index in [1.54, 1.807) is 24.4 Å². The smallest absolute Gasteiger partial charge is 0.262 e. The fourth-order valence-corrected chi connectivity index (χ4v) is 6.97. The van der Waals surface area contributed by atoms with E-state index in [2.05, 4.69) is 31.6 Å². The first kappa shape index (κ1) is 28.5. The number of carbonyl (C=O) groups is 4. The van der Waals surface area contributed by atoms with Crippen LogP contribution in [0, 0.1) is 11.7 Å². The minimum absolute atomic E-state index is 0.0488. The highest BCUT2D eigenvalue weighted by atomic mass is 19.1. The van der Waals surface area contributed by atoms with Gasteiger partial charge in [-0.1, -0.05) is 0 Å². The second kappa shape index (κ2) is 10.6. The molecule has 8 rings (SSSR count). The number of amides is 4. The fraction of sp³-hybridized carbons (Fsp3) is 0.424. The number of carbonyl (C=O) groups excluding carboxylic acids is 4. The van der Waals surface area contributed by atoms with Gasteiger partial charge in [-0.15, -0.1) is 0 Å². The van der Waals surface area contributed by atoms with Crippen molar-refractivity contribution in [3.05, 3.63) is 59.4 Å². The molecule has 1 saturated heterocycles. The van der Waals surface area contributed by atoms with E-state index in [1.807, 2.05) is 18.5 Å². The highest BCUT2D eigenvalue weighted by Gasteiger charge is 2.45. The number of fused-ring (bicyclic) bond motifs is 2. The SMILES string of the molecule is CC(C)n1ncc2c(F)cnc(-c3cn(C4CC(CNc5ccc6c(c5)C(=O)N(C5CCC(=O)NC5=O)C6=O)C4)nc3C3CC3)c21. The third-order valence-corrected chi connectivity index (χ3v) is 9.67. The Labute approximate surface area is 263 Å². The van der Waals surface area contributed by atoms with Gasteiger partial charge in [0, 0.05) is 42.4 Å². The summed E-state index contributed by atoms with van der Waals surface area (Å²) in [6, 6.07) is 4.34. The number of nitrogens with one attached hydrogen (secondary N) is 2. The average Bonchev–Trinajstić information content (AvgIpc) is 3.50. The van der Waals surface area contributed by atoms with Crippen molar-refractivity contribution in [3.63, 3.8) is 0 Å². The topological polar surface area (TPSA) is 144 Å². The van der Waals surface area contributed by atoms with Crippen LogP contribution in [-0.4, -0.2) is 65.7 Å². The molecule has 46 heavy (non-hydrogen) atoms. The molecule has 2 saturated carbocycles. The summed E-state index contributed by atoms with van der Waals surface area (Å²) in [6.45, 7) is 4.72. The third-order valence-electron chi connectivity index (χ3n) is 9.67. The Morgan fingerprint density at radius 2 is 1.80 bits per heavy atom. The molecule has 0 spiro atoms. The molecule has 5 heterocycles. The molecule has 3 aromatic heterocycles. The van der Waals surface area contributed by atoms with Crippen LogP contribution in [0.3, 0.4) is 0 Å². The van der Waals surface area contributed by atoms with Gasteiger partial charge in [0.25, 0.3) is 11.8 Å². The molecule has 13 heteroatoms. The second-order valence-corrected chi connectivity index (χ2v) is 13.2. The van der Waals surface area contributed by atoms with Crippen molar-refractivity contribution in [3.8, 4) is 11.3 Å². The first-order chi connectivity index (χ1) is 22.2. The summed E-state index contributed by atoms with van der Waals surface area (Å²) in [5, 5.41) is 15.6. The van der Waals surface area contributed by atoms with Crippen molar-refractivity contribution in [1.29, 1.82) is 0 Å². The number of pyridine rings is 1. The van der Waals surface area contributed by atoms with Gasteiger partial charge in [0.1, 0.15) is 6.04 Å². The second-order valence-electron chi connectivity index (χ2n) is 13.2. The zero-order valence-corrected chi connectivity index (χ0v) is 25.5. The van der Waals surface area contributed by atoms with E-state index in [1.165, 1.54) is 6.20 Å². The lowest BCUT2D eigenvalue weighted by Crippen LogP contribution is -2.54. The summed E-state index contributed by atoms with van der Waals surface area (Å²) in [5.41, 5.74) is 4.61.